The number of aromatic hydroxyl groups is 1. The van der Waals surface area contributed by atoms with Crippen molar-refractivity contribution in [2.24, 2.45) is 0 Å². The normalized spacial score (nSPS) is 24.5. The Morgan fingerprint density at radius 2 is 1.70 bits per heavy atom. The second-order valence-corrected chi connectivity index (χ2v) is 9.80. The molecular formula is C28H35N3O2. The highest BCUT2D eigenvalue weighted by molar-refractivity contribution is 5.94. The quantitative estimate of drug-likeness (QED) is 0.668. The molecule has 3 fully saturated rings. The Bertz CT molecular complexity index is 969. The number of nitrogens with zero attached hydrogens (tertiary/aromatic N) is 3. The third-order valence-electron chi connectivity index (χ3n) is 7.66. The molecule has 3 heterocycles. The van der Waals surface area contributed by atoms with Crippen molar-refractivity contribution < 1.29 is 9.90 Å². The van der Waals surface area contributed by atoms with Crippen molar-refractivity contribution in [1.29, 1.82) is 0 Å². The average molecular weight is 446 g/mol. The Balaban J connectivity index is 1.44. The summed E-state index contributed by atoms with van der Waals surface area (Å²) < 4.78 is 0. The number of amides is 1. The number of piperidine rings is 1. The molecule has 33 heavy (non-hydrogen) atoms. The lowest BCUT2D eigenvalue weighted by Crippen LogP contribution is -2.61. The molecule has 2 aromatic carbocycles. The van der Waals surface area contributed by atoms with Crippen LogP contribution < -0.4 is 0 Å². The molecule has 5 nitrogen and oxygen atoms in total. The van der Waals surface area contributed by atoms with Crippen LogP contribution in [0.25, 0.3) is 0 Å². The van der Waals surface area contributed by atoms with Gasteiger partial charge in [-0.3, -0.25) is 14.6 Å². The Labute approximate surface area is 197 Å². The van der Waals surface area contributed by atoms with Gasteiger partial charge in [-0.1, -0.05) is 36.8 Å². The molecule has 0 spiro atoms. The number of piperazine rings is 1. The van der Waals surface area contributed by atoms with Crippen LogP contribution in [0, 0.1) is 0 Å². The number of carbonyl (C=O) groups excluding carboxylic acids is 1. The largest absolute Gasteiger partial charge is 0.508 e. The monoisotopic (exact) mass is 445 g/mol. The number of phenols is 1. The molecule has 3 aliphatic rings. The minimum Gasteiger partial charge on any atom is -0.508 e. The maximum atomic E-state index is 12.8. The Kier molecular flexibility index (Phi) is 6.52. The fraction of sp³-hybridized carbons (Fsp3) is 0.464. The molecule has 3 saturated heterocycles. The summed E-state index contributed by atoms with van der Waals surface area (Å²) >= 11 is 0. The SMILES string of the molecule is C=CCN1C2CCCC1CN(C(c1ccc(C(=O)N3CCCC3)cc1)c1cccc(O)c1)C2. The van der Waals surface area contributed by atoms with E-state index in [4.69, 9.17) is 0 Å². The first-order valence-electron chi connectivity index (χ1n) is 12.4. The molecule has 3 unspecified atom stereocenters. The van der Waals surface area contributed by atoms with Crippen LogP contribution in [-0.2, 0) is 0 Å². The highest BCUT2D eigenvalue weighted by atomic mass is 16.3. The zero-order chi connectivity index (χ0) is 22.8. The van der Waals surface area contributed by atoms with E-state index in [1.165, 1.54) is 24.8 Å². The minimum absolute atomic E-state index is 0.0574. The molecule has 5 heteroatoms. The number of benzene rings is 2. The zero-order valence-corrected chi connectivity index (χ0v) is 19.4. The van der Waals surface area contributed by atoms with Crippen molar-refractivity contribution in [3.05, 3.63) is 77.9 Å². The summed E-state index contributed by atoms with van der Waals surface area (Å²) in [5.41, 5.74) is 3.04. The lowest BCUT2D eigenvalue weighted by molar-refractivity contribution is -0.0128. The van der Waals surface area contributed by atoms with Gasteiger partial charge in [-0.15, -0.1) is 6.58 Å². The summed E-state index contributed by atoms with van der Waals surface area (Å²) in [6.45, 7) is 8.66. The maximum Gasteiger partial charge on any atom is 0.253 e. The molecular weight excluding hydrogens is 410 g/mol. The van der Waals surface area contributed by atoms with Crippen molar-refractivity contribution in [2.75, 3.05) is 32.7 Å². The number of rotatable bonds is 6. The third-order valence-corrected chi connectivity index (χ3v) is 7.66. The molecule has 3 atom stereocenters. The Morgan fingerprint density at radius 1 is 1.00 bits per heavy atom. The summed E-state index contributed by atoms with van der Waals surface area (Å²) in [5, 5.41) is 10.2. The van der Waals surface area contributed by atoms with Gasteiger partial charge in [0.15, 0.2) is 0 Å². The number of hydrogen-bond acceptors (Lipinski definition) is 4. The fourth-order valence-corrected chi connectivity index (χ4v) is 6.10. The van der Waals surface area contributed by atoms with Gasteiger partial charge in [-0.25, -0.2) is 0 Å². The van der Waals surface area contributed by atoms with Crippen molar-refractivity contribution in [3.63, 3.8) is 0 Å². The van der Waals surface area contributed by atoms with E-state index in [9.17, 15) is 9.90 Å². The van der Waals surface area contributed by atoms with Gasteiger partial charge in [-0.05, 0) is 61.1 Å². The van der Waals surface area contributed by atoms with Crippen LogP contribution in [-0.4, -0.2) is 70.5 Å². The van der Waals surface area contributed by atoms with Crippen molar-refractivity contribution in [3.8, 4) is 5.75 Å². The van der Waals surface area contributed by atoms with Gasteiger partial charge in [0.05, 0.1) is 6.04 Å². The molecule has 1 N–H and O–H groups in total. The molecule has 0 radical (unpaired) electrons. The smallest absolute Gasteiger partial charge is 0.253 e. The Morgan fingerprint density at radius 3 is 2.33 bits per heavy atom. The van der Waals surface area contributed by atoms with Crippen LogP contribution in [0.3, 0.4) is 0 Å². The van der Waals surface area contributed by atoms with E-state index in [0.717, 1.165) is 56.7 Å². The molecule has 0 aromatic heterocycles. The summed E-state index contributed by atoms with van der Waals surface area (Å²) in [4.78, 5) is 20.0. The van der Waals surface area contributed by atoms with E-state index < -0.39 is 0 Å². The van der Waals surface area contributed by atoms with Crippen LogP contribution in [0.15, 0.2) is 61.2 Å². The molecule has 2 aromatic rings. The Hall–Kier alpha value is -2.63. The molecule has 0 saturated carbocycles. The van der Waals surface area contributed by atoms with Crippen LogP contribution in [0.1, 0.15) is 59.6 Å². The maximum absolute atomic E-state index is 12.8. The van der Waals surface area contributed by atoms with E-state index in [0.29, 0.717) is 17.8 Å². The van der Waals surface area contributed by atoms with Crippen molar-refractivity contribution in [2.45, 2.75) is 50.2 Å². The van der Waals surface area contributed by atoms with Gasteiger partial charge >= 0.3 is 0 Å². The van der Waals surface area contributed by atoms with Crippen LogP contribution >= 0.6 is 0 Å². The topological polar surface area (TPSA) is 47.0 Å². The highest BCUT2D eigenvalue weighted by Crippen LogP contribution is 2.37. The average Bonchev–Trinajstić information content (AvgIpc) is 3.35. The summed E-state index contributed by atoms with van der Waals surface area (Å²) in [6.07, 6.45) is 7.96. The molecule has 0 aliphatic carbocycles. The lowest BCUT2D eigenvalue weighted by Gasteiger charge is -2.52. The number of carbonyl (C=O) groups is 1. The molecule has 1 amide bonds. The second-order valence-electron chi connectivity index (χ2n) is 9.80. The van der Waals surface area contributed by atoms with Gasteiger partial charge in [0.1, 0.15) is 5.75 Å². The number of fused-ring (bicyclic) bond motifs is 2. The highest BCUT2D eigenvalue weighted by Gasteiger charge is 2.39. The number of likely N-dealkylation sites (tertiary alicyclic amines) is 2. The van der Waals surface area contributed by atoms with E-state index in [2.05, 4.69) is 34.6 Å². The summed E-state index contributed by atoms with van der Waals surface area (Å²) in [7, 11) is 0. The number of hydrogen-bond donors (Lipinski definition) is 1. The first kappa shape index (κ1) is 22.2. The van der Waals surface area contributed by atoms with Gasteiger partial charge < -0.3 is 10.0 Å². The fourth-order valence-electron chi connectivity index (χ4n) is 6.10. The van der Waals surface area contributed by atoms with E-state index in [1.807, 2.05) is 35.2 Å². The third kappa shape index (κ3) is 4.57. The molecule has 3 aliphatic heterocycles. The van der Waals surface area contributed by atoms with E-state index in [-0.39, 0.29) is 11.9 Å². The predicted molar refractivity (Wildman–Crippen MR) is 131 cm³/mol. The standard InChI is InChI=1S/C28H35N3O2/c1-2-15-31-24-8-6-9-25(31)20-30(19-24)27(23-7-5-10-26(32)18-23)21-11-13-22(14-12-21)28(33)29-16-3-4-17-29/h2,5,7,10-14,18,24-25,27,32H,1,3-4,6,8-9,15-17,19-20H2. The van der Waals surface area contributed by atoms with E-state index in [1.54, 1.807) is 6.07 Å². The van der Waals surface area contributed by atoms with E-state index >= 15 is 0 Å². The van der Waals surface area contributed by atoms with Gasteiger partial charge in [-0.2, -0.15) is 0 Å². The summed E-state index contributed by atoms with van der Waals surface area (Å²) in [6, 6.07) is 17.0. The van der Waals surface area contributed by atoms with Gasteiger partial charge in [0, 0.05) is 50.4 Å². The molecule has 2 bridgehead atoms. The van der Waals surface area contributed by atoms with Gasteiger partial charge in [0.25, 0.3) is 5.91 Å². The predicted octanol–water partition coefficient (Wildman–Crippen LogP) is 4.44. The van der Waals surface area contributed by atoms with Crippen LogP contribution in [0.2, 0.25) is 0 Å². The van der Waals surface area contributed by atoms with Crippen LogP contribution in [0.4, 0.5) is 0 Å². The van der Waals surface area contributed by atoms with Crippen molar-refractivity contribution in [1.82, 2.24) is 14.7 Å². The zero-order valence-electron chi connectivity index (χ0n) is 19.4. The number of phenolic OH excluding ortho intramolecular Hbond substituents is 1. The van der Waals surface area contributed by atoms with Crippen LogP contribution in [0.5, 0.6) is 5.75 Å². The second kappa shape index (κ2) is 9.70. The van der Waals surface area contributed by atoms with Gasteiger partial charge in [0.2, 0.25) is 0 Å². The summed E-state index contributed by atoms with van der Waals surface area (Å²) in [5.74, 6) is 0.435. The van der Waals surface area contributed by atoms with Crippen molar-refractivity contribution >= 4 is 5.91 Å². The first-order chi connectivity index (χ1) is 16.1. The molecule has 174 valence electrons. The lowest BCUT2D eigenvalue weighted by atomic mass is 9.87. The minimum atomic E-state index is 0.0574. The first-order valence-corrected chi connectivity index (χ1v) is 12.4. The molecule has 5 rings (SSSR count).